The van der Waals surface area contributed by atoms with Gasteiger partial charge >= 0.3 is 6.18 Å². The molecule has 7 nitrogen and oxygen atoms in total. The SMILES string of the molecule is Cc1nc2cc(C(=O)Nc3n[nH]c(C(F)(F)F)n3)ccc2n1-c1ccccc1. The topological polar surface area (TPSA) is 88.5 Å². The van der Waals surface area contributed by atoms with Gasteiger partial charge in [-0.05, 0) is 37.3 Å². The maximum atomic E-state index is 12.6. The molecule has 0 bridgehead atoms. The van der Waals surface area contributed by atoms with E-state index in [-0.39, 0.29) is 5.56 Å². The van der Waals surface area contributed by atoms with E-state index in [4.69, 9.17) is 0 Å². The van der Waals surface area contributed by atoms with Gasteiger partial charge in [-0.1, -0.05) is 18.2 Å². The number of aromatic nitrogens is 5. The van der Waals surface area contributed by atoms with Gasteiger partial charge in [-0.25, -0.2) is 4.98 Å². The number of aromatic amines is 1. The Morgan fingerprint density at radius 2 is 1.86 bits per heavy atom. The molecule has 142 valence electrons. The van der Waals surface area contributed by atoms with Crippen molar-refractivity contribution in [1.82, 2.24) is 24.7 Å². The molecule has 2 N–H and O–H groups in total. The number of benzene rings is 2. The first-order valence-electron chi connectivity index (χ1n) is 8.18. The number of imidazole rings is 1. The van der Waals surface area contributed by atoms with Crippen molar-refractivity contribution >= 4 is 22.9 Å². The average molecular weight is 386 g/mol. The lowest BCUT2D eigenvalue weighted by atomic mass is 10.2. The molecule has 0 unspecified atom stereocenters. The number of anilines is 1. The smallest absolute Gasteiger partial charge is 0.297 e. The van der Waals surface area contributed by atoms with Crippen LogP contribution in [0.2, 0.25) is 0 Å². The second kappa shape index (κ2) is 6.48. The van der Waals surface area contributed by atoms with E-state index >= 15 is 0 Å². The number of carbonyl (C=O) groups is 1. The van der Waals surface area contributed by atoms with Crippen LogP contribution in [0.3, 0.4) is 0 Å². The van der Waals surface area contributed by atoms with E-state index < -0.39 is 23.9 Å². The summed E-state index contributed by atoms with van der Waals surface area (Å²) < 4.78 is 39.6. The van der Waals surface area contributed by atoms with Crippen LogP contribution >= 0.6 is 0 Å². The fourth-order valence-corrected chi connectivity index (χ4v) is 2.86. The largest absolute Gasteiger partial charge is 0.451 e. The monoisotopic (exact) mass is 386 g/mol. The molecule has 0 radical (unpaired) electrons. The Hall–Kier alpha value is -3.69. The van der Waals surface area contributed by atoms with Crippen molar-refractivity contribution in [1.29, 1.82) is 0 Å². The van der Waals surface area contributed by atoms with Gasteiger partial charge < -0.3 is 0 Å². The molecule has 0 aliphatic carbocycles. The quantitative estimate of drug-likeness (QED) is 0.562. The second-order valence-electron chi connectivity index (χ2n) is 5.99. The molecule has 0 saturated carbocycles. The van der Waals surface area contributed by atoms with Gasteiger partial charge in [0.1, 0.15) is 5.82 Å². The highest BCUT2D eigenvalue weighted by molar-refractivity contribution is 6.05. The predicted molar refractivity (Wildman–Crippen MR) is 95.1 cm³/mol. The summed E-state index contributed by atoms with van der Waals surface area (Å²) in [5, 5.41) is 7.35. The van der Waals surface area contributed by atoms with E-state index in [9.17, 15) is 18.0 Å². The molecule has 1 amide bonds. The number of aryl methyl sites for hydroxylation is 1. The number of rotatable bonds is 3. The van der Waals surface area contributed by atoms with Gasteiger partial charge in [0.25, 0.3) is 5.91 Å². The Bertz CT molecular complexity index is 1160. The van der Waals surface area contributed by atoms with E-state index in [0.29, 0.717) is 5.52 Å². The lowest BCUT2D eigenvalue weighted by Gasteiger charge is -2.07. The molecule has 0 spiro atoms. The van der Waals surface area contributed by atoms with E-state index in [1.165, 1.54) is 0 Å². The first-order valence-corrected chi connectivity index (χ1v) is 8.18. The number of carbonyl (C=O) groups excluding carboxylic acids is 1. The molecule has 2 heterocycles. The predicted octanol–water partition coefficient (Wildman–Crippen LogP) is 3.72. The standard InChI is InChI=1S/C18H13F3N6O/c1-10-22-13-9-11(7-8-14(13)27(10)12-5-3-2-4-6-12)15(28)23-17-24-16(25-26-17)18(19,20)21/h2-9H,1H3,(H2,23,24,25,26,28). The number of amides is 1. The summed E-state index contributed by atoms with van der Waals surface area (Å²) in [6.07, 6.45) is -4.67. The van der Waals surface area contributed by atoms with Crippen LogP contribution < -0.4 is 5.32 Å². The first kappa shape index (κ1) is 17.7. The van der Waals surface area contributed by atoms with Crippen LogP contribution in [0.4, 0.5) is 19.1 Å². The third kappa shape index (κ3) is 3.20. The molecule has 0 aliphatic rings. The fraction of sp³-hybridized carbons (Fsp3) is 0.111. The first-order chi connectivity index (χ1) is 13.3. The number of alkyl halides is 3. The van der Waals surface area contributed by atoms with Crippen LogP contribution in [0, 0.1) is 6.92 Å². The van der Waals surface area contributed by atoms with Crippen LogP contribution in [0.15, 0.2) is 48.5 Å². The molecule has 0 atom stereocenters. The van der Waals surface area contributed by atoms with Crippen LogP contribution in [0.1, 0.15) is 22.0 Å². The minimum atomic E-state index is -4.67. The van der Waals surface area contributed by atoms with E-state index in [1.807, 2.05) is 41.8 Å². The number of halogens is 3. The Morgan fingerprint density at radius 1 is 1.11 bits per heavy atom. The minimum Gasteiger partial charge on any atom is -0.297 e. The van der Waals surface area contributed by atoms with Crippen LogP contribution in [0.5, 0.6) is 0 Å². The normalized spacial score (nSPS) is 11.7. The van der Waals surface area contributed by atoms with Gasteiger partial charge in [-0.3, -0.25) is 19.8 Å². The van der Waals surface area contributed by atoms with Crippen molar-refractivity contribution in [2.75, 3.05) is 5.32 Å². The van der Waals surface area contributed by atoms with Gasteiger partial charge in [0.2, 0.25) is 11.8 Å². The summed E-state index contributed by atoms with van der Waals surface area (Å²) in [7, 11) is 0. The third-order valence-electron chi connectivity index (χ3n) is 4.08. The van der Waals surface area contributed by atoms with Crippen molar-refractivity contribution in [2.45, 2.75) is 13.1 Å². The van der Waals surface area contributed by atoms with E-state index in [2.05, 4.69) is 20.4 Å². The lowest BCUT2D eigenvalue weighted by Crippen LogP contribution is -2.13. The number of H-pyrrole nitrogens is 1. The highest BCUT2D eigenvalue weighted by atomic mass is 19.4. The van der Waals surface area contributed by atoms with Crippen molar-refractivity contribution in [3.05, 3.63) is 65.7 Å². The van der Waals surface area contributed by atoms with E-state index in [1.54, 1.807) is 23.3 Å². The summed E-state index contributed by atoms with van der Waals surface area (Å²) in [4.78, 5) is 20.1. The summed E-state index contributed by atoms with van der Waals surface area (Å²) >= 11 is 0. The Morgan fingerprint density at radius 3 is 2.54 bits per heavy atom. The Labute approximate surface area is 156 Å². The Balaban J connectivity index is 1.63. The second-order valence-corrected chi connectivity index (χ2v) is 5.99. The molecule has 4 rings (SSSR count). The van der Waals surface area contributed by atoms with Gasteiger partial charge in [0.05, 0.1) is 11.0 Å². The minimum absolute atomic E-state index is 0.226. The number of para-hydroxylation sites is 1. The zero-order valence-electron chi connectivity index (χ0n) is 14.4. The van der Waals surface area contributed by atoms with Crippen molar-refractivity contribution in [2.24, 2.45) is 0 Å². The number of nitrogens with zero attached hydrogens (tertiary/aromatic N) is 4. The molecule has 2 aromatic carbocycles. The van der Waals surface area contributed by atoms with Crippen molar-refractivity contribution in [3.8, 4) is 5.69 Å². The van der Waals surface area contributed by atoms with Crippen molar-refractivity contribution < 1.29 is 18.0 Å². The molecule has 2 aromatic heterocycles. The summed E-state index contributed by atoms with van der Waals surface area (Å²) in [6, 6.07) is 14.5. The number of hydrogen-bond donors (Lipinski definition) is 2. The van der Waals surface area contributed by atoms with Gasteiger partial charge in [0.15, 0.2) is 0 Å². The molecular weight excluding hydrogens is 373 g/mol. The number of hydrogen-bond acceptors (Lipinski definition) is 4. The molecule has 0 fully saturated rings. The van der Waals surface area contributed by atoms with Crippen LogP contribution in [-0.2, 0) is 6.18 Å². The number of nitrogens with one attached hydrogen (secondary N) is 2. The van der Waals surface area contributed by atoms with Crippen LogP contribution in [-0.4, -0.2) is 30.6 Å². The number of fused-ring (bicyclic) bond motifs is 1. The molecular formula is C18H13F3N6O. The zero-order chi connectivity index (χ0) is 19.9. The third-order valence-corrected chi connectivity index (χ3v) is 4.08. The van der Waals surface area contributed by atoms with Crippen LogP contribution in [0.25, 0.3) is 16.7 Å². The van der Waals surface area contributed by atoms with Gasteiger partial charge in [-0.2, -0.15) is 18.2 Å². The van der Waals surface area contributed by atoms with Gasteiger partial charge in [0, 0.05) is 11.3 Å². The maximum absolute atomic E-state index is 12.6. The molecule has 28 heavy (non-hydrogen) atoms. The van der Waals surface area contributed by atoms with Gasteiger partial charge in [-0.15, -0.1) is 5.10 Å². The molecule has 0 aliphatic heterocycles. The highest BCUT2D eigenvalue weighted by Crippen LogP contribution is 2.26. The average Bonchev–Trinajstić information content (AvgIpc) is 3.25. The molecule has 0 saturated heterocycles. The van der Waals surface area contributed by atoms with E-state index in [0.717, 1.165) is 17.0 Å². The lowest BCUT2D eigenvalue weighted by molar-refractivity contribution is -0.144. The Kier molecular flexibility index (Phi) is 4.10. The summed E-state index contributed by atoms with van der Waals surface area (Å²) in [6.45, 7) is 1.85. The highest BCUT2D eigenvalue weighted by Gasteiger charge is 2.35. The maximum Gasteiger partial charge on any atom is 0.451 e. The summed E-state index contributed by atoms with van der Waals surface area (Å²) in [5.41, 5.74) is 2.54. The zero-order valence-corrected chi connectivity index (χ0v) is 14.4. The summed E-state index contributed by atoms with van der Waals surface area (Å²) in [5.74, 6) is -1.64. The van der Waals surface area contributed by atoms with Crippen molar-refractivity contribution in [3.63, 3.8) is 0 Å². The fourth-order valence-electron chi connectivity index (χ4n) is 2.86. The molecule has 4 aromatic rings. The molecule has 10 heteroatoms.